The summed E-state index contributed by atoms with van der Waals surface area (Å²) in [6.45, 7) is 98.1. The van der Waals surface area contributed by atoms with E-state index in [0.717, 1.165) is 95.6 Å². The molecule has 5 aromatic rings. The lowest BCUT2D eigenvalue weighted by Gasteiger charge is -2.28. The van der Waals surface area contributed by atoms with Crippen LogP contribution in [0.4, 0.5) is 0 Å². The molecule has 0 bridgehead atoms. The summed E-state index contributed by atoms with van der Waals surface area (Å²) in [7, 11) is -0.844. The summed E-state index contributed by atoms with van der Waals surface area (Å²) in [5.74, 6) is 8.50. The van der Waals surface area contributed by atoms with Gasteiger partial charge in [0.15, 0.2) is 0 Å². The summed E-state index contributed by atoms with van der Waals surface area (Å²) < 4.78 is 25.2. The van der Waals surface area contributed by atoms with Crippen LogP contribution in [0.15, 0.2) is 159 Å². The number of esters is 5. The molecule has 130 heavy (non-hydrogen) atoms. The van der Waals surface area contributed by atoms with E-state index in [2.05, 4.69) is 278 Å². The second-order valence-electron chi connectivity index (χ2n) is 41.9. The summed E-state index contributed by atoms with van der Waals surface area (Å²) in [6.07, 6.45) is 14.3. The van der Waals surface area contributed by atoms with Crippen molar-refractivity contribution in [2.45, 2.75) is 379 Å². The molecule has 0 saturated heterocycles. The Morgan fingerprint density at radius 2 is 0.708 bits per heavy atom. The minimum atomic E-state index is -0.844. The second-order valence-corrected chi connectivity index (χ2v) is 47.5. The Bertz CT molecular complexity index is 3400. The summed E-state index contributed by atoms with van der Waals surface area (Å²) in [5, 5.41) is 8.81. The van der Waals surface area contributed by atoms with Gasteiger partial charge in [-0.3, -0.25) is 28.8 Å². The van der Waals surface area contributed by atoms with E-state index in [4.69, 9.17) is 28.8 Å². The molecule has 6 rings (SSSR count). The zero-order valence-corrected chi connectivity index (χ0v) is 93.0. The molecule has 5 aromatic carbocycles. The summed E-state index contributed by atoms with van der Waals surface area (Å²) in [4.78, 5) is 65.4. The second kappa shape index (κ2) is 87.1. The Labute approximate surface area is 805 Å². The number of unbranched alkanes of at least 4 members (excludes halogenated alkanes) is 1. The lowest BCUT2D eigenvalue weighted by atomic mass is 9.98. The molecule has 0 fully saturated rings. The van der Waals surface area contributed by atoms with Crippen molar-refractivity contribution in [2.75, 3.05) is 26.4 Å². The van der Waals surface area contributed by atoms with Crippen molar-refractivity contribution in [2.24, 2.45) is 101 Å². The van der Waals surface area contributed by atoms with Crippen LogP contribution >= 0.6 is 0 Å². The number of rotatable bonds is 33. The van der Waals surface area contributed by atoms with E-state index < -0.39 is 8.07 Å². The summed E-state index contributed by atoms with van der Waals surface area (Å²) in [6, 6.07) is 46.6. The Hall–Kier alpha value is -7.22. The molecule has 0 aromatic heterocycles. The molecule has 1 N–H and O–H groups in total. The molecule has 0 amide bonds. The third-order valence-electron chi connectivity index (χ3n) is 18.6. The maximum atomic E-state index is 11.7. The monoisotopic (exact) mass is 1830 g/mol. The maximum absolute atomic E-state index is 11.7. The number of allylic oxidation sites excluding steroid dienone is 1. The van der Waals surface area contributed by atoms with Gasteiger partial charge in [0.25, 0.3) is 0 Å². The number of Topliss-reactive ketones (excluding diaryl/α,β-unsaturated/α-hetero) is 1. The topological polar surface area (TPSA) is 169 Å². The van der Waals surface area contributed by atoms with Crippen molar-refractivity contribution < 1.29 is 57.6 Å². The Morgan fingerprint density at radius 3 is 1.00 bits per heavy atom. The fraction of sp³-hybridized carbons (Fsp3) is 0.658. The van der Waals surface area contributed by atoms with Crippen molar-refractivity contribution in [3.05, 3.63) is 192 Å². The first kappa shape index (κ1) is 138. The average molecular weight is 1830 g/mol. The highest BCUT2D eigenvalue weighted by molar-refractivity contribution is 6.78. The number of carbonyl (C=O) groups is 6. The molecule has 0 saturated carbocycles. The molecule has 0 spiro atoms. The van der Waals surface area contributed by atoms with Crippen molar-refractivity contribution in [3.63, 3.8) is 0 Å². The largest absolute Gasteiger partial charge is 0.465 e. The van der Waals surface area contributed by atoms with E-state index in [-0.39, 0.29) is 83.7 Å². The van der Waals surface area contributed by atoms with E-state index in [0.29, 0.717) is 44.9 Å². The van der Waals surface area contributed by atoms with Crippen LogP contribution in [0.1, 0.15) is 361 Å². The van der Waals surface area contributed by atoms with Crippen LogP contribution in [0, 0.1) is 101 Å². The van der Waals surface area contributed by atoms with Gasteiger partial charge in [-0.2, -0.15) is 0 Å². The van der Waals surface area contributed by atoms with E-state index >= 15 is 0 Å². The Kier molecular flexibility index (Phi) is 92.6. The first-order valence-electron chi connectivity index (χ1n) is 49.8. The lowest BCUT2D eigenvalue weighted by Crippen LogP contribution is -2.30. The molecule has 1 aliphatic carbocycles. The smallest absolute Gasteiger partial charge is 0.308 e. The lowest BCUT2D eigenvalue weighted by molar-refractivity contribution is -0.149. The van der Waals surface area contributed by atoms with Gasteiger partial charge < -0.3 is 28.8 Å². The van der Waals surface area contributed by atoms with Crippen molar-refractivity contribution in [3.8, 4) is 11.1 Å². The standard InChI is InChI=1S/C18H18O2.C11H14O2.C11H22O2.C11H16O.C10H14.C9H22Si.C8H16O2.C7H12O2.C7H16.C7H14.C5H10O.C5H12.2C4H10/c1-12(2)18(19)20-11-17-15-9-5-3-7-13(15)14-8-4-6-10-16(14)17;1-9(2)11(12)13-8-10-6-4-3-5-7-10;1-9(2)7-5-6-8-13-11(12)10(3)4;1-9(2)7-10-3-5-11(8-12)6-4-10;1-9(2)8-10-6-4-3-5-7-10;1-8(2)7-10(5,6)9(3)4;1-6(2)5-10-8(9)7(3)4;1-4-5-9-7(8)6(2)3;1-6(2)5-7(3)4;1-4-5-6-7(2)3;1-4(2)5(3)6;1-4-5(2)3;2*1-4(2)3/h3-10,12,17H,11H2,1-2H3;3-7,9H,8H2,1-2H3;9-10H,5-8H2,1-4H3;3-6,9,12H,7-8H2,1-2H3;3-7,9H,8H2,1-2H3;8-9H,7H2,1-6H3;6-7H,5H2,1-4H3;4,6H,1,5H2,2-3H3;6-7H,5H2,1-4H3;4,7H,1,5-6H2,2-3H3;4H,1-3H3;5H,4H2,1-3H3;2*4H,1-3H3. The number of ether oxygens (including phenoxy) is 5. The Balaban J connectivity index is -0.000000210. The van der Waals surface area contributed by atoms with E-state index in [1.165, 1.54) is 71.5 Å². The van der Waals surface area contributed by atoms with E-state index in [1.54, 1.807) is 26.8 Å². The number of ketones is 1. The molecule has 0 atom stereocenters. The first-order valence-corrected chi connectivity index (χ1v) is 53.1. The van der Waals surface area contributed by atoms with Gasteiger partial charge >= 0.3 is 29.8 Å². The van der Waals surface area contributed by atoms with Gasteiger partial charge in [0.2, 0.25) is 0 Å². The quantitative estimate of drug-likeness (QED) is 0.0139. The number of hydrogen-bond acceptors (Lipinski definition) is 12. The normalized spacial score (nSPS) is 10.8. The van der Waals surface area contributed by atoms with Crippen molar-refractivity contribution >= 4 is 43.7 Å². The minimum absolute atomic E-state index is 0.00116. The minimum Gasteiger partial charge on any atom is -0.465 e. The number of fused-ring (bicyclic) bond motifs is 3. The van der Waals surface area contributed by atoms with Crippen molar-refractivity contribution in [1.82, 2.24) is 0 Å². The average Bonchev–Trinajstić information content (AvgIpc) is 1.62. The predicted molar refractivity (Wildman–Crippen MR) is 570 cm³/mol. The maximum Gasteiger partial charge on any atom is 0.308 e. The van der Waals surface area contributed by atoms with Crippen molar-refractivity contribution in [1.29, 1.82) is 0 Å². The fourth-order valence-electron chi connectivity index (χ4n) is 10.4. The molecule has 1 aliphatic rings. The zero-order valence-electron chi connectivity index (χ0n) is 92.0. The molecular formula is C117H206O12Si. The highest BCUT2D eigenvalue weighted by Gasteiger charge is 2.30. The molecule has 12 nitrogen and oxygen atoms in total. The highest BCUT2D eigenvalue weighted by Crippen LogP contribution is 2.44. The molecule has 0 aliphatic heterocycles. The van der Waals surface area contributed by atoms with Crippen LogP contribution in [0.5, 0.6) is 0 Å². The molecule has 13 heteroatoms. The van der Waals surface area contributed by atoms with Crippen LogP contribution in [0.2, 0.25) is 24.7 Å². The Morgan fingerprint density at radius 1 is 0.369 bits per heavy atom. The zero-order chi connectivity index (χ0) is 102. The molecular weight excluding hydrogens is 1630 g/mol. The third-order valence-corrected chi connectivity index (χ3v) is 23.6. The number of benzene rings is 5. The molecule has 0 heterocycles. The SMILES string of the molecule is C=CCCC(C)C.C=CCOC(=O)C(C)C.CC(=O)C(C)C.CC(C)C.CC(C)C.CC(C)C(=O)OCC1c2ccccc2-c2ccccc21.CC(C)C(=O)OCc1ccccc1.CC(C)CC(C)C.CC(C)CCCCOC(=O)C(C)C.CC(C)COC(=O)C(C)C.CC(C)C[Si](C)(C)C(C)C.CC(C)Cc1ccc(CO)cc1.CC(C)Cc1ccccc1.CCC(C)C. The first-order chi connectivity index (χ1) is 60.3. The van der Waals surface area contributed by atoms with Gasteiger partial charge in [-0.15, -0.1) is 6.58 Å². The van der Waals surface area contributed by atoms with Gasteiger partial charge in [-0.25, -0.2) is 0 Å². The highest BCUT2D eigenvalue weighted by atomic mass is 28.3. The van der Waals surface area contributed by atoms with Crippen LogP contribution in [0.25, 0.3) is 11.1 Å². The van der Waals surface area contributed by atoms with Crippen LogP contribution in [-0.4, -0.2) is 75.2 Å². The van der Waals surface area contributed by atoms with Gasteiger partial charge in [0.1, 0.15) is 25.6 Å². The fourth-order valence-corrected chi connectivity index (χ4v) is 13.0. The van der Waals surface area contributed by atoms with Crippen LogP contribution in [0.3, 0.4) is 0 Å². The molecule has 0 unspecified atom stereocenters. The van der Waals surface area contributed by atoms with Gasteiger partial charge in [0.05, 0.1) is 57.5 Å². The number of carbonyl (C=O) groups excluding carboxylic acids is 6. The van der Waals surface area contributed by atoms with Crippen LogP contribution in [-0.2, 0) is 78.5 Å². The number of aliphatic hydroxyl groups is 1. The van der Waals surface area contributed by atoms with E-state index in [9.17, 15) is 28.8 Å². The molecule has 750 valence electrons. The predicted octanol–water partition coefficient (Wildman–Crippen LogP) is 33.5. The number of aliphatic hydroxyl groups excluding tert-OH is 1. The third kappa shape index (κ3) is 95.4. The summed E-state index contributed by atoms with van der Waals surface area (Å²) in [5.41, 5.74) is 10.8. The van der Waals surface area contributed by atoms with Gasteiger partial charge in [-0.1, -0.05) is 460 Å². The summed E-state index contributed by atoms with van der Waals surface area (Å²) >= 11 is 0. The van der Waals surface area contributed by atoms with E-state index in [1.807, 2.05) is 144 Å². The van der Waals surface area contributed by atoms with Gasteiger partial charge in [0, 0.05) is 11.8 Å². The number of hydrogen-bond donors (Lipinski definition) is 1. The van der Waals surface area contributed by atoms with Crippen LogP contribution < -0.4 is 0 Å². The molecule has 0 radical (unpaired) electrons. The van der Waals surface area contributed by atoms with Gasteiger partial charge in [-0.05, 0) is 161 Å².